The van der Waals surface area contributed by atoms with E-state index in [2.05, 4.69) is 10.1 Å². The van der Waals surface area contributed by atoms with Crippen LogP contribution in [0.1, 0.15) is 36.5 Å². The maximum absolute atomic E-state index is 12.6. The topological polar surface area (TPSA) is 73.2 Å². The normalized spacial score (nSPS) is 16.0. The Morgan fingerprint density at radius 1 is 1.07 bits per heavy atom. The molecule has 7 heteroatoms. The first-order chi connectivity index (χ1) is 13.6. The van der Waals surface area contributed by atoms with Gasteiger partial charge in [-0.05, 0) is 43.5 Å². The molecule has 2 aliphatic heterocycles. The van der Waals surface area contributed by atoms with Gasteiger partial charge in [-0.25, -0.2) is 0 Å². The first-order valence-electron chi connectivity index (χ1n) is 9.32. The largest absolute Gasteiger partial charge is 0.411 e. The van der Waals surface area contributed by atoms with Crippen LogP contribution in [-0.2, 0) is 4.79 Å². The van der Waals surface area contributed by atoms with Crippen molar-refractivity contribution in [3.63, 3.8) is 0 Å². The third-order valence-electron chi connectivity index (χ3n) is 5.08. The zero-order valence-electron chi connectivity index (χ0n) is 15.6. The first-order valence-corrected chi connectivity index (χ1v) is 10.1. The van der Waals surface area contributed by atoms with Gasteiger partial charge in [0, 0.05) is 30.5 Å². The van der Waals surface area contributed by atoms with E-state index in [1.54, 1.807) is 22.7 Å². The number of piperidine rings is 1. The van der Waals surface area contributed by atoms with E-state index < -0.39 is 5.78 Å². The van der Waals surface area contributed by atoms with Gasteiger partial charge < -0.3 is 10.1 Å². The van der Waals surface area contributed by atoms with Gasteiger partial charge in [-0.3, -0.25) is 14.5 Å². The van der Waals surface area contributed by atoms with Crippen LogP contribution < -0.4 is 9.80 Å². The average Bonchev–Trinajstić information content (AvgIpc) is 2.71. The van der Waals surface area contributed by atoms with Crippen LogP contribution in [0.5, 0.6) is 0 Å². The number of hydrogen-bond donors (Lipinski definition) is 1. The lowest BCUT2D eigenvalue weighted by Crippen LogP contribution is -2.32. The molecule has 0 bridgehead atoms. The number of benzene rings is 2. The van der Waals surface area contributed by atoms with Crippen molar-refractivity contribution in [2.45, 2.75) is 36.0 Å². The van der Waals surface area contributed by atoms with Gasteiger partial charge in [0.05, 0.1) is 22.0 Å². The molecule has 0 unspecified atom stereocenters. The number of nitrogens with zero attached hydrogens (tertiary/aromatic N) is 3. The molecule has 2 aromatic rings. The van der Waals surface area contributed by atoms with E-state index in [0.717, 1.165) is 53.3 Å². The van der Waals surface area contributed by atoms with Gasteiger partial charge in [0.2, 0.25) is 11.7 Å². The molecule has 2 aliphatic rings. The Morgan fingerprint density at radius 2 is 1.79 bits per heavy atom. The van der Waals surface area contributed by atoms with E-state index in [-0.39, 0.29) is 5.91 Å². The summed E-state index contributed by atoms with van der Waals surface area (Å²) < 4.78 is 0. The number of carbonyl (C=O) groups is 2. The molecule has 0 atom stereocenters. The molecule has 0 aromatic heterocycles. The van der Waals surface area contributed by atoms with Crippen LogP contribution in [0.2, 0.25) is 0 Å². The summed E-state index contributed by atoms with van der Waals surface area (Å²) in [6.45, 7) is 3.36. The quantitative estimate of drug-likeness (QED) is 0.359. The third kappa shape index (κ3) is 3.26. The molecule has 4 rings (SSSR count). The van der Waals surface area contributed by atoms with Gasteiger partial charge in [0.1, 0.15) is 6.21 Å². The van der Waals surface area contributed by atoms with Gasteiger partial charge in [-0.1, -0.05) is 29.1 Å². The van der Waals surface area contributed by atoms with Crippen molar-refractivity contribution in [3.05, 3.63) is 42.0 Å². The number of Topliss-reactive ketones (excluding diaryl/α,β-unsaturated/α-hetero) is 1. The number of ketones is 1. The fourth-order valence-electron chi connectivity index (χ4n) is 3.82. The minimum absolute atomic E-state index is 0.112. The van der Waals surface area contributed by atoms with E-state index in [1.807, 2.05) is 30.3 Å². The molecule has 2 aromatic carbocycles. The van der Waals surface area contributed by atoms with E-state index in [0.29, 0.717) is 11.3 Å². The maximum Gasteiger partial charge on any atom is 0.228 e. The standard InChI is InChI=1S/C21H21N3O3S/c1-14(25)24-16-7-3-4-8-20(16)28-21-17(23-9-5-2-6-10-23)11-15(12-18(21)24)19(26)13-22-27/h3-4,7-8,11-13,27H,2,5-6,9-10H2,1H3/b22-13-. The molecule has 2 heterocycles. The molecule has 1 fully saturated rings. The van der Waals surface area contributed by atoms with Crippen molar-refractivity contribution in [2.75, 3.05) is 22.9 Å². The second-order valence-electron chi connectivity index (χ2n) is 6.92. The number of hydrogen-bond acceptors (Lipinski definition) is 6. The summed E-state index contributed by atoms with van der Waals surface area (Å²) in [5.41, 5.74) is 2.88. The Morgan fingerprint density at radius 3 is 2.50 bits per heavy atom. The fraction of sp³-hybridized carbons (Fsp3) is 0.286. The van der Waals surface area contributed by atoms with Crippen LogP contribution in [0.3, 0.4) is 0 Å². The average molecular weight is 395 g/mol. The summed E-state index contributed by atoms with van der Waals surface area (Å²) in [5.74, 6) is -0.505. The first kappa shape index (κ1) is 18.6. The van der Waals surface area contributed by atoms with Crippen molar-refractivity contribution >= 4 is 46.7 Å². The van der Waals surface area contributed by atoms with Crippen molar-refractivity contribution in [1.29, 1.82) is 0 Å². The summed E-state index contributed by atoms with van der Waals surface area (Å²) in [4.78, 5) is 31.0. The monoisotopic (exact) mass is 395 g/mol. The number of carbonyl (C=O) groups excluding carboxylic acids is 2. The summed E-state index contributed by atoms with van der Waals surface area (Å²) >= 11 is 1.63. The van der Waals surface area contributed by atoms with Gasteiger partial charge in [0.25, 0.3) is 0 Å². The molecule has 1 N–H and O–H groups in total. The molecule has 0 spiro atoms. The predicted molar refractivity (Wildman–Crippen MR) is 111 cm³/mol. The molecule has 144 valence electrons. The lowest BCUT2D eigenvalue weighted by Gasteiger charge is -2.36. The van der Waals surface area contributed by atoms with E-state index >= 15 is 0 Å². The fourth-order valence-corrected chi connectivity index (χ4v) is 4.99. The predicted octanol–water partition coefficient (Wildman–Crippen LogP) is 4.47. The summed E-state index contributed by atoms with van der Waals surface area (Å²) in [6, 6.07) is 11.4. The lowest BCUT2D eigenvalue weighted by molar-refractivity contribution is -0.115. The van der Waals surface area contributed by atoms with E-state index in [4.69, 9.17) is 5.21 Å². The van der Waals surface area contributed by atoms with Crippen molar-refractivity contribution in [1.82, 2.24) is 0 Å². The van der Waals surface area contributed by atoms with Gasteiger partial charge in [0.15, 0.2) is 0 Å². The lowest BCUT2D eigenvalue weighted by atomic mass is 10.0. The second kappa shape index (κ2) is 7.67. The Balaban J connectivity index is 1.93. The molecule has 1 amide bonds. The van der Waals surface area contributed by atoms with Crippen molar-refractivity contribution < 1.29 is 14.8 Å². The molecule has 6 nitrogen and oxygen atoms in total. The molecular formula is C21H21N3O3S. The zero-order valence-corrected chi connectivity index (χ0v) is 16.4. The molecular weight excluding hydrogens is 374 g/mol. The molecule has 0 radical (unpaired) electrons. The number of rotatable bonds is 3. The number of para-hydroxylation sites is 1. The van der Waals surface area contributed by atoms with Gasteiger partial charge in [-0.15, -0.1) is 0 Å². The van der Waals surface area contributed by atoms with Crippen LogP contribution in [0.15, 0.2) is 51.3 Å². The van der Waals surface area contributed by atoms with E-state index in [9.17, 15) is 9.59 Å². The Bertz CT molecular complexity index is 967. The molecule has 0 saturated carbocycles. The van der Waals surface area contributed by atoms with Crippen molar-refractivity contribution in [2.24, 2.45) is 5.16 Å². The third-order valence-corrected chi connectivity index (χ3v) is 6.27. The SMILES string of the molecule is CC(=O)N1c2ccccc2Sc2c(N3CCCCC3)cc(C(=O)/C=N\O)cc21. The highest BCUT2D eigenvalue weighted by molar-refractivity contribution is 8.00. The Labute approximate surface area is 167 Å². The van der Waals surface area contributed by atoms with Crippen LogP contribution in [0.25, 0.3) is 0 Å². The maximum atomic E-state index is 12.6. The van der Waals surface area contributed by atoms with Crippen LogP contribution in [0, 0.1) is 0 Å². The van der Waals surface area contributed by atoms with Gasteiger partial charge in [-0.2, -0.15) is 0 Å². The highest BCUT2D eigenvalue weighted by Crippen LogP contribution is 2.52. The van der Waals surface area contributed by atoms with E-state index in [1.165, 1.54) is 13.3 Å². The molecule has 0 aliphatic carbocycles. The smallest absolute Gasteiger partial charge is 0.228 e. The summed E-state index contributed by atoms with van der Waals surface area (Å²) in [7, 11) is 0. The highest BCUT2D eigenvalue weighted by atomic mass is 32.2. The number of anilines is 3. The molecule has 28 heavy (non-hydrogen) atoms. The Kier molecular flexibility index (Phi) is 5.09. The molecule has 1 saturated heterocycles. The second-order valence-corrected chi connectivity index (χ2v) is 7.98. The Hall–Kier alpha value is -2.80. The van der Waals surface area contributed by atoms with Crippen LogP contribution in [-0.4, -0.2) is 36.2 Å². The van der Waals surface area contributed by atoms with Crippen LogP contribution in [0.4, 0.5) is 17.1 Å². The number of fused-ring (bicyclic) bond motifs is 2. The van der Waals surface area contributed by atoms with Crippen molar-refractivity contribution in [3.8, 4) is 0 Å². The summed E-state index contributed by atoms with van der Waals surface area (Å²) in [5, 5.41) is 11.7. The minimum Gasteiger partial charge on any atom is -0.411 e. The highest BCUT2D eigenvalue weighted by Gasteiger charge is 2.31. The van der Waals surface area contributed by atoms with Gasteiger partial charge >= 0.3 is 0 Å². The number of amides is 1. The minimum atomic E-state index is -0.393. The summed E-state index contributed by atoms with van der Waals surface area (Å²) in [6.07, 6.45) is 4.29. The number of oxime groups is 1. The zero-order chi connectivity index (χ0) is 19.7. The van der Waals surface area contributed by atoms with Crippen LogP contribution >= 0.6 is 11.8 Å².